The van der Waals surface area contributed by atoms with Gasteiger partial charge in [0.25, 0.3) is 0 Å². The van der Waals surface area contributed by atoms with Crippen LogP contribution in [0.5, 0.6) is 5.75 Å². The maximum Gasteiger partial charge on any atom is 0.229 e. The topological polar surface area (TPSA) is 70.1 Å². The molecule has 0 radical (unpaired) electrons. The molecule has 1 heterocycles. The van der Waals surface area contributed by atoms with Gasteiger partial charge in [-0.1, -0.05) is 18.2 Å². The second kappa shape index (κ2) is 7.41. The minimum absolute atomic E-state index is 0.175. The number of nitrogens with one attached hydrogen (secondary N) is 2. The zero-order chi connectivity index (χ0) is 16.8. The highest BCUT2D eigenvalue weighted by atomic mass is 19.1. The second-order valence-corrected chi connectivity index (χ2v) is 5.24. The normalized spacial score (nSPS) is 10.4. The van der Waals surface area contributed by atoms with E-state index >= 15 is 0 Å². The Balaban J connectivity index is 1.57. The molecule has 0 aliphatic heterocycles. The summed E-state index contributed by atoms with van der Waals surface area (Å²) in [5.74, 6) is 1.07. The number of phenolic OH excluding ortho intramolecular Hbond substituents is 1. The van der Waals surface area contributed by atoms with E-state index in [9.17, 15) is 9.50 Å². The standard InChI is InChI=1S/C18H17FN4O/c19-14-6-4-13(5-7-14)8-10-20-17-9-11-21-18(23-17)22-15-2-1-3-16(24)12-15/h1-7,9,11-12,24H,8,10H2,(H2,20,21,22,23). The highest BCUT2D eigenvalue weighted by molar-refractivity contribution is 5.56. The van der Waals surface area contributed by atoms with Gasteiger partial charge in [-0.3, -0.25) is 0 Å². The number of halogens is 1. The molecule has 2 aromatic carbocycles. The summed E-state index contributed by atoms with van der Waals surface area (Å²) >= 11 is 0. The fourth-order valence-corrected chi connectivity index (χ4v) is 2.22. The summed E-state index contributed by atoms with van der Waals surface area (Å²) in [5.41, 5.74) is 1.76. The third-order valence-electron chi connectivity index (χ3n) is 3.39. The van der Waals surface area contributed by atoms with Gasteiger partial charge in [0.05, 0.1) is 0 Å². The first kappa shape index (κ1) is 15.7. The number of aromatic hydroxyl groups is 1. The Labute approximate surface area is 139 Å². The van der Waals surface area contributed by atoms with Crippen molar-refractivity contribution < 1.29 is 9.50 Å². The van der Waals surface area contributed by atoms with Gasteiger partial charge in [0.15, 0.2) is 0 Å². The van der Waals surface area contributed by atoms with Crippen LogP contribution in [0.4, 0.5) is 21.8 Å². The van der Waals surface area contributed by atoms with Crippen molar-refractivity contribution in [3.05, 3.63) is 72.2 Å². The number of anilines is 3. The van der Waals surface area contributed by atoms with E-state index in [4.69, 9.17) is 0 Å². The first-order chi connectivity index (χ1) is 11.7. The van der Waals surface area contributed by atoms with Crippen molar-refractivity contribution in [3.8, 4) is 5.75 Å². The van der Waals surface area contributed by atoms with Gasteiger partial charge in [-0.25, -0.2) is 9.37 Å². The zero-order valence-electron chi connectivity index (χ0n) is 12.9. The monoisotopic (exact) mass is 324 g/mol. The molecule has 0 saturated heterocycles. The summed E-state index contributed by atoms with van der Waals surface area (Å²) in [6.07, 6.45) is 2.41. The molecular weight excluding hydrogens is 307 g/mol. The number of hydrogen-bond donors (Lipinski definition) is 3. The van der Waals surface area contributed by atoms with E-state index in [0.717, 1.165) is 12.0 Å². The highest BCUT2D eigenvalue weighted by Gasteiger charge is 2.01. The summed E-state index contributed by atoms with van der Waals surface area (Å²) in [4.78, 5) is 8.52. The molecule has 5 nitrogen and oxygen atoms in total. The third-order valence-corrected chi connectivity index (χ3v) is 3.39. The highest BCUT2D eigenvalue weighted by Crippen LogP contribution is 2.18. The predicted octanol–water partition coefficient (Wildman–Crippen LogP) is 3.72. The van der Waals surface area contributed by atoms with Crippen molar-refractivity contribution in [3.63, 3.8) is 0 Å². The number of aromatic nitrogens is 2. The fraction of sp³-hybridized carbons (Fsp3) is 0.111. The largest absolute Gasteiger partial charge is 0.508 e. The fourth-order valence-electron chi connectivity index (χ4n) is 2.22. The Morgan fingerprint density at radius 2 is 1.88 bits per heavy atom. The lowest BCUT2D eigenvalue weighted by atomic mass is 10.1. The van der Waals surface area contributed by atoms with Gasteiger partial charge in [0, 0.05) is 24.5 Å². The Morgan fingerprint density at radius 1 is 1.04 bits per heavy atom. The minimum atomic E-state index is -0.231. The SMILES string of the molecule is Oc1cccc(Nc2nccc(NCCc3ccc(F)cc3)n2)c1. The van der Waals surface area contributed by atoms with Gasteiger partial charge in [0.1, 0.15) is 17.4 Å². The van der Waals surface area contributed by atoms with Crippen LogP contribution in [0.1, 0.15) is 5.56 Å². The molecule has 0 bridgehead atoms. The summed E-state index contributed by atoms with van der Waals surface area (Å²) in [5, 5.41) is 15.7. The van der Waals surface area contributed by atoms with E-state index in [2.05, 4.69) is 20.6 Å². The van der Waals surface area contributed by atoms with Gasteiger partial charge in [0.2, 0.25) is 5.95 Å². The van der Waals surface area contributed by atoms with Crippen molar-refractivity contribution in [2.24, 2.45) is 0 Å². The first-order valence-electron chi connectivity index (χ1n) is 7.56. The number of phenols is 1. The molecular formula is C18H17FN4O. The number of hydrogen-bond acceptors (Lipinski definition) is 5. The van der Waals surface area contributed by atoms with E-state index in [-0.39, 0.29) is 11.6 Å². The van der Waals surface area contributed by atoms with Crippen molar-refractivity contribution in [1.29, 1.82) is 0 Å². The van der Waals surface area contributed by atoms with E-state index in [1.165, 1.54) is 12.1 Å². The molecule has 0 fully saturated rings. The molecule has 3 rings (SSSR count). The van der Waals surface area contributed by atoms with Crippen LogP contribution in [-0.4, -0.2) is 21.6 Å². The molecule has 0 aliphatic carbocycles. The Morgan fingerprint density at radius 3 is 2.67 bits per heavy atom. The Kier molecular flexibility index (Phi) is 4.86. The van der Waals surface area contributed by atoms with E-state index < -0.39 is 0 Å². The molecule has 3 N–H and O–H groups in total. The van der Waals surface area contributed by atoms with Crippen molar-refractivity contribution in [2.75, 3.05) is 17.2 Å². The molecule has 0 unspecified atom stereocenters. The summed E-state index contributed by atoms with van der Waals surface area (Å²) < 4.78 is 12.9. The minimum Gasteiger partial charge on any atom is -0.508 e. The van der Waals surface area contributed by atoms with Gasteiger partial charge < -0.3 is 15.7 Å². The molecule has 0 spiro atoms. The van der Waals surface area contributed by atoms with Crippen LogP contribution in [0.15, 0.2) is 60.8 Å². The maximum atomic E-state index is 12.9. The Bertz CT molecular complexity index is 808. The van der Waals surface area contributed by atoms with Gasteiger partial charge in [-0.2, -0.15) is 4.98 Å². The van der Waals surface area contributed by atoms with Crippen molar-refractivity contribution in [1.82, 2.24) is 9.97 Å². The summed E-state index contributed by atoms with van der Waals surface area (Å²) in [7, 11) is 0. The smallest absolute Gasteiger partial charge is 0.229 e. The summed E-state index contributed by atoms with van der Waals surface area (Å²) in [6.45, 7) is 0.675. The Hall–Kier alpha value is -3.15. The number of rotatable bonds is 6. The molecule has 0 atom stereocenters. The van der Waals surface area contributed by atoms with Crippen LogP contribution in [-0.2, 0) is 6.42 Å². The van der Waals surface area contributed by atoms with Crippen molar-refractivity contribution in [2.45, 2.75) is 6.42 Å². The molecule has 0 amide bonds. The molecule has 122 valence electrons. The van der Waals surface area contributed by atoms with E-state index in [0.29, 0.717) is 24.0 Å². The maximum absolute atomic E-state index is 12.9. The lowest BCUT2D eigenvalue weighted by molar-refractivity contribution is 0.475. The van der Waals surface area contributed by atoms with Gasteiger partial charge in [-0.05, 0) is 42.3 Å². The predicted molar refractivity (Wildman–Crippen MR) is 92.0 cm³/mol. The van der Waals surface area contributed by atoms with E-state index in [1.807, 2.05) is 6.07 Å². The van der Waals surface area contributed by atoms with Crippen LogP contribution < -0.4 is 10.6 Å². The van der Waals surface area contributed by atoms with Crippen LogP contribution in [0.25, 0.3) is 0 Å². The van der Waals surface area contributed by atoms with Crippen LogP contribution >= 0.6 is 0 Å². The first-order valence-corrected chi connectivity index (χ1v) is 7.56. The quantitative estimate of drug-likeness (QED) is 0.645. The lowest BCUT2D eigenvalue weighted by Gasteiger charge is -2.08. The molecule has 3 aromatic rings. The average Bonchev–Trinajstić information content (AvgIpc) is 2.57. The van der Waals surface area contributed by atoms with Crippen LogP contribution in [0, 0.1) is 5.82 Å². The zero-order valence-corrected chi connectivity index (χ0v) is 12.9. The number of benzene rings is 2. The van der Waals surface area contributed by atoms with Gasteiger partial charge >= 0.3 is 0 Å². The molecule has 1 aromatic heterocycles. The van der Waals surface area contributed by atoms with Crippen LogP contribution in [0.3, 0.4) is 0 Å². The number of nitrogens with zero attached hydrogens (tertiary/aromatic N) is 2. The molecule has 6 heteroatoms. The van der Waals surface area contributed by atoms with Gasteiger partial charge in [-0.15, -0.1) is 0 Å². The second-order valence-electron chi connectivity index (χ2n) is 5.24. The molecule has 0 aliphatic rings. The molecule has 0 saturated carbocycles. The van der Waals surface area contributed by atoms with E-state index in [1.54, 1.807) is 42.6 Å². The van der Waals surface area contributed by atoms with Crippen molar-refractivity contribution >= 4 is 17.5 Å². The third kappa shape index (κ3) is 4.42. The average molecular weight is 324 g/mol. The van der Waals surface area contributed by atoms with Crippen LogP contribution in [0.2, 0.25) is 0 Å². The lowest BCUT2D eigenvalue weighted by Crippen LogP contribution is -2.07. The summed E-state index contributed by atoms with van der Waals surface area (Å²) in [6, 6.07) is 15.0. The molecule has 24 heavy (non-hydrogen) atoms.